The topological polar surface area (TPSA) is 0 Å². The highest BCUT2D eigenvalue weighted by Crippen LogP contribution is 2.53. The highest BCUT2D eigenvalue weighted by molar-refractivity contribution is 9.11. The number of thioether (sulfide) groups is 2. The molecule has 1 atom stereocenters. The molecule has 0 saturated carbocycles. The van der Waals surface area contributed by atoms with Crippen LogP contribution in [0, 0.1) is 5.92 Å². The fourth-order valence-electron chi connectivity index (χ4n) is 2.87. The van der Waals surface area contributed by atoms with Gasteiger partial charge in [0.05, 0.1) is 4.08 Å². The van der Waals surface area contributed by atoms with E-state index >= 15 is 0 Å². The van der Waals surface area contributed by atoms with Crippen molar-refractivity contribution < 1.29 is 0 Å². The van der Waals surface area contributed by atoms with E-state index in [0.29, 0.717) is 4.08 Å². The van der Waals surface area contributed by atoms with E-state index in [1.54, 1.807) is 0 Å². The number of hydrogen-bond donors (Lipinski definition) is 0. The van der Waals surface area contributed by atoms with Crippen LogP contribution in [0.15, 0.2) is 40.9 Å². The van der Waals surface area contributed by atoms with Crippen molar-refractivity contribution in [3.8, 4) is 0 Å². The number of hydrogen-bond acceptors (Lipinski definition) is 2. The van der Waals surface area contributed by atoms with Crippen LogP contribution in [-0.2, 0) is 6.42 Å². The Bertz CT molecular complexity index is 435. The second kappa shape index (κ2) is 5.64. The van der Waals surface area contributed by atoms with Crippen molar-refractivity contribution in [2.24, 2.45) is 5.92 Å². The lowest BCUT2D eigenvalue weighted by Crippen LogP contribution is -2.25. The molecular formula is C15H17BrS2. The molecule has 0 radical (unpaired) electrons. The van der Waals surface area contributed by atoms with Crippen LogP contribution in [0.4, 0.5) is 0 Å². The first-order valence-corrected chi connectivity index (χ1v) is 9.21. The summed E-state index contributed by atoms with van der Waals surface area (Å²) in [6, 6.07) is 10.9. The van der Waals surface area contributed by atoms with Gasteiger partial charge in [-0.15, -0.1) is 23.5 Å². The Morgan fingerprint density at radius 3 is 2.61 bits per heavy atom. The van der Waals surface area contributed by atoms with Crippen LogP contribution in [-0.4, -0.2) is 15.6 Å². The summed E-state index contributed by atoms with van der Waals surface area (Å²) in [6.07, 6.45) is 6.22. The van der Waals surface area contributed by atoms with Gasteiger partial charge in [-0.25, -0.2) is 0 Å². The van der Waals surface area contributed by atoms with Gasteiger partial charge in [-0.1, -0.05) is 46.3 Å². The van der Waals surface area contributed by atoms with E-state index in [-0.39, 0.29) is 0 Å². The second-order valence-electron chi connectivity index (χ2n) is 5.06. The Hall–Kier alpha value is 0.140. The molecular weight excluding hydrogens is 324 g/mol. The van der Waals surface area contributed by atoms with Crippen LogP contribution in [0.2, 0.25) is 0 Å². The first-order chi connectivity index (χ1) is 8.76. The summed E-state index contributed by atoms with van der Waals surface area (Å²) in [7, 11) is 0. The fourth-order valence-corrected chi connectivity index (χ4v) is 7.37. The Balaban J connectivity index is 1.73. The van der Waals surface area contributed by atoms with E-state index in [4.69, 9.17) is 0 Å². The third-order valence-electron chi connectivity index (χ3n) is 3.58. The van der Waals surface area contributed by atoms with Gasteiger partial charge < -0.3 is 0 Å². The van der Waals surface area contributed by atoms with E-state index in [9.17, 15) is 0 Å². The lowest BCUT2D eigenvalue weighted by molar-refractivity contribution is 0.469. The van der Waals surface area contributed by atoms with Gasteiger partial charge in [-0.2, -0.15) is 0 Å². The minimum absolute atomic E-state index is 0.372. The van der Waals surface area contributed by atoms with Crippen LogP contribution >= 0.6 is 39.5 Å². The minimum Gasteiger partial charge on any atom is -0.139 e. The SMILES string of the molecule is BrC1=CC2(CC(Cc3ccccc3)C1)SCCS2. The average Bonchev–Trinajstić information content (AvgIpc) is 2.77. The number of benzene rings is 1. The van der Waals surface area contributed by atoms with Crippen molar-refractivity contribution in [1.82, 2.24) is 0 Å². The average molecular weight is 341 g/mol. The van der Waals surface area contributed by atoms with Crippen molar-refractivity contribution in [2.75, 3.05) is 11.5 Å². The van der Waals surface area contributed by atoms with Gasteiger partial charge in [0.15, 0.2) is 0 Å². The molecule has 1 heterocycles. The number of rotatable bonds is 2. The zero-order valence-electron chi connectivity index (χ0n) is 10.3. The first kappa shape index (κ1) is 13.1. The molecule has 1 aliphatic carbocycles. The summed E-state index contributed by atoms with van der Waals surface area (Å²) in [5.74, 6) is 3.39. The molecule has 1 spiro atoms. The Labute approximate surface area is 126 Å². The summed E-state index contributed by atoms with van der Waals surface area (Å²) in [5.41, 5.74) is 1.48. The van der Waals surface area contributed by atoms with Gasteiger partial charge in [-0.05, 0) is 41.3 Å². The fraction of sp³-hybridized carbons (Fsp3) is 0.467. The molecule has 0 aromatic heterocycles. The zero-order valence-corrected chi connectivity index (χ0v) is 13.5. The second-order valence-corrected chi connectivity index (χ2v) is 9.19. The van der Waals surface area contributed by atoms with Crippen molar-refractivity contribution >= 4 is 39.5 Å². The van der Waals surface area contributed by atoms with Gasteiger partial charge in [0.25, 0.3) is 0 Å². The van der Waals surface area contributed by atoms with Gasteiger partial charge in [0.2, 0.25) is 0 Å². The maximum atomic E-state index is 3.76. The summed E-state index contributed by atoms with van der Waals surface area (Å²) in [5, 5.41) is 0. The molecule has 18 heavy (non-hydrogen) atoms. The number of allylic oxidation sites excluding steroid dienone is 1. The molecule has 1 aliphatic heterocycles. The summed E-state index contributed by atoms with van der Waals surface area (Å²) < 4.78 is 1.79. The molecule has 3 heteroatoms. The molecule has 2 aliphatic rings. The standard InChI is InChI=1S/C15H17BrS2/c16-14-9-13(8-12-4-2-1-3-5-12)10-15(11-14)17-6-7-18-15/h1-5,11,13H,6-10H2. The molecule has 0 bridgehead atoms. The lowest BCUT2D eigenvalue weighted by Gasteiger charge is -2.33. The molecule has 0 amide bonds. The smallest absolute Gasteiger partial charge is 0.0805 e. The molecule has 1 aromatic carbocycles. The van der Waals surface area contributed by atoms with E-state index in [0.717, 1.165) is 5.92 Å². The normalized spacial score (nSPS) is 26.3. The van der Waals surface area contributed by atoms with Crippen LogP contribution in [0.25, 0.3) is 0 Å². The maximum Gasteiger partial charge on any atom is 0.0805 e. The molecule has 1 saturated heterocycles. The highest BCUT2D eigenvalue weighted by atomic mass is 79.9. The predicted molar refractivity (Wildman–Crippen MR) is 87.5 cm³/mol. The Morgan fingerprint density at radius 2 is 1.89 bits per heavy atom. The van der Waals surface area contributed by atoms with Gasteiger partial charge >= 0.3 is 0 Å². The Morgan fingerprint density at radius 1 is 1.17 bits per heavy atom. The molecule has 0 nitrogen and oxygen atoms in total. The summed E-state index contributed by atoms with van der Waals surface area (Å²) in [6.45, 7) is 0. The van der Waals surface area contributed by atoms with Crippen LogP contribution in [0.1, 0.15) is 18.4 Å². The minimum atomic E-state index is 0.372. The third kappa shape index (κ3) is 3.00. The third-order valence-corrected chi connectivity index (χ3v) is 7.46. The molecule has 1 fully saturated rings. The van der Waals surface area contributed by atoms with Crippen molar-refractivity contribution in [3.05, 3.63) is 46.5 Å². The summed E-state index contributed by atoms with van der Waals surface area (Å²) >= 11 is 8.04. The zero-order chi connectivity index (χ0) is 12.4. The largest absolute Gasteiger partial charge is 0.139 e. The van der Waals surface area contributed by atoms with E-state index in [2.05, 4.69) is 75.9 Å². The highest BCUT2D eigenvalue weighted by Gasteiger charge is 2.39. The molecule has 1 aromatic rings. The van der Waals surface area contributed by atoms with E-state index < -0.39 is 0 Å². The van der Waals surface area contributed by atoms with Crippen molar-refractivity contribution in [1.29, 1.82) is 0 Å². The molecule has 3 rings (SSSR count). The van der Waals surface area contributed by atoms with Gasteiger partial charge in [-0.3, -0.25) is 0 Å². The monoisotopic (exact) mass is 340 g/mol. The molecule has 1 unspecified atom stereocenters. The number of halogens is 1. The van der Waals surface area contributed by atoms with E-state index in [1.807, 2.05) is 0 Å². The predicted octanol–water partition coefficient (Wildman–Crippen LogP) is 5.09. The molecule has 96 valence electrons. The van der Waals surface area contributed by atoms with Crippen LogP contribution in [0.3, 0.4) is 0 Å². The van der Waals surface area contributed by atoms with Crippen LogP contribution in [0.5, 0.6) is 0 Å². The maximum absolute atomic E-state index is 3.76. The Kier molecular flexibility index (Phi) is 4.12. The van der Waals surface area contributed by atoms with E-state index in [1.165, 1.54) is 40.8 Å². The van der Waals surface area contributed by atoms with Gasteiger partial charge in [0, 0.05) is 11.5 Å². The first-order valence-electron chi connectivity index (χ1n) is 6.45. The quantitative estimate of drug-likeness (QED) is 0.734. The lowest BCUT2D eigenvalue weighted by atomic mass is 9.88. The van der Waals surface area contributed by atoms with Crippen LogP contribution < -0.4 is 0 Å². The van der Waals surface area contributed by atoms with Crippen molar-refractivity contribution in [2.45, 2.75) is 23.3 Å². The van der Waals surface area contributed by atoms with Crippen molar-refractivity contribution in [3.63, 3.8) is 0 Å². The molecule has 0 N–H and O–H groups in total. The summed E-state index contributed by atoms with van der Waals surface area (Å²) in [4.78, 5) is 0. The van der Waals surface area contributed by atoms with Gasteiger partial charge in [0.1, 0.15) is 0 Å².